The number of hydrogen-bond acceptors (Lipinski definition) is 5. The first-order valence-electron chi connectivity index (χ1n) is 9.14. The van der Waals surface area contributed by atoms with Gasteiger partial charge in [-0.05, 0) is 62.5 Å². The highest BCUT2D eigenvalue weighted by atomic mass is 19.4. The topological polar surface area (TPSA) is 70.9 Å². The zero-order valence-corrected chi connectivity index (χ0v) is 15.0. The number of nitrogens with zero attached hydrogens (tertiary/aromatic N) is 3. The predicted octanol–water partition coefficient (Wildman–Crippen LogP) is 3.96. The van der Waals surface area contributed by atoms with Crippen LogP contribution >= 0.6 is 0 Å². The van der Waals surface area contributed by atoms with Gasteiger partial charge in [-0.15, -0.1) is 5.10 Å². The summed E-state index contributed by atoms with van der Waals surface area (Å²) in [6.07, 6.45) is 1.75. The Bertz CT molecular complexity index is 1000. The Labute approximate surface area is 159 Å². The third-order valence-corrected chi connectivity index (χ3v) is 5.12. The average molecular weight is 388 g/mol. The maximum absolute atomic E-state index is 12.9. The van der Waals surface area contributed by atoms with Crippen LogP contribution < -0.4 is 5.32 Å². The summed E-state index contributed by atoms with van der Waals surface area (Å²) in [5.74, 6) is -0.0248. The van der Waals surface area contributed by atoms with Gasteiger partial charge in [-0.2, -0.15) is 18.3 Å². The molecule has 5 nitrogen and oxygen atoms in total. The number of aromatic hydroxyl groups is 1. The molecule has 1 aromatic carbocycles. The highest BCUT2D eigenvalue weighted by Crippen LogP contribution is 2.38. The molecule has 8 heteroatoms. The number of nitrogens with one attached hydrogen (secondary N) is 1. The molecule has 1 fully saturated rings. The minimum Gasteiger partial charge on any atom is -0.507 e. The van der Waals surface area contributed by atoms with Crippen LogP contribution in [0.1, 0.15) is 24.1 Å². The van der Waals surface area contributed by atoms with E-state index < -0.39 is 17.5 Å². The van der Waals surface area contributed by atoms with Gasteiger partial charge in [0.05, 0.1) is 11.3 Å². The van der Waals surface area contributed by atoms with Crippen molar-refractivity contribution < 1.29 is 18.3 Å². The normalized spacial score (nSPS) is 17.8. The van der Waals surface area contributed by atoms with Gasteiger partial charge in [-0.1, -0.05) is 0 Å². The van der Waals surface area contributed by atoms with Crippen LogP contribution in [0.3, 0.4) is 0 Å². The zero-order valence-electron chi connectivity index (χ0n) is 15.0. The van der Waals surface area contributed by atoms with Crippen molar-refractivity contribution in [1.82, 2.24) is 20.5 Å². The Morgan fingerprint density at radius 2 is 2.00 bits per heavy atom. The molecule has 0 amide bonds. The summed E-state index contributed by atoms with van der Waals surface area (Å²) in [6.45, 7) is 1.95. The number of aromatic nitrogens is 3. The monoisotopic (exact) mass is 388 g/mol. The van der Waals surface area contributed by atoms with Gasteiger partial charge in [0.1, 0.15) is 11.4 Å². The van der Waals surface area contributed by atoms with Crippen molar-refractivity contribution in [2.45, 2.75) is 25.4 Å². The fraction of sp³-hybridized carbons (Fsp3) is 0.350. The lowest BCUT2D eigenvalue weighted by Gasteiger charge is -2.22. The van der Waals surface area contributed by atoms with Crippen LogP contribution in [0, 0.1) is 5.92 Å². The Kier molecular flexibility index (Phi) is 4.89. The van der Waals surface area contributed by atoms with Gasteiger partial charge in [0.2, 0.25) is 0 Å². The zero-order chi connectivity index (χ0) is 19.7. The molecule has 2 aromatic heterocycles. The molecular formula is C20H19F3N4O. The van der Waals surface area contributed by atoms with E-state index in [0.717, 1.165) is 49.5 Å². The molecule has 0 spiro atoms. The Balaban J connectivity index is 1.76. The van der Waals surface area contributed by atoms with E-state index in [1.807, 2.05) is 0 Å². The number of phenols is 1. The first kappa shape index (κ1) is 18.6. The molecule has 1 saturated heterocycles. The lowest BCUT2D eigenvalue weighted by Crippen LogP contribution is -2.31. The van der Waals surface area contributed by atoms with Crippen LogP contribution in [0.4, 0.5) is 13.2 Å². The summed E-state index contributed by atoms with van der Waals surface area (Å²) >= 11 is 0. The van der Waals surface area contributed by atoms with Crippen molar-refractivity contribution in [1.29, 1.82) is 0 Å². The largest absolute Gasteiger partial charge is 0.507 e. The Morgan fingerprint density at radius 3 is 2.71 bits per heavy atom. The molecule has 3 aromatic rings. The van der Waals surface area contributed by atoms with Crippen LogP contribution in [0.2, 0.25) is 0 Å². The van der Waals surface area contributed by atoms with E-state index in [1.165, 1.54) is 6.07 Å². The maximum Gasteiger partial charge on any atom is 0.416 e. The van der Waals surface area contributed by atoms with Gasteiger partial charge in [0.15, 0.2) is 0 Å². The number of hydrogen-bond donors (Lipinski definition) is 2. The summed E-state index contributed by atoms with van der Waals surface area (Å²) in [4.78, 5) is 4.18. The van der Waals surface area contributed by atoms with Gasteiger partial charge >= 0.3 is 6.18 Å². The van der Waals surface area contributed by atoms with Crippen molar-refractivity contribution >= 4 is 10.8 Å². The van der Waals surface area contributed by atoms with Crippen molar-refractivity contribution in [2.24, 2.45) is 5.92 Å². The quantitative estimate of drug-likeness (QED) is 0.711. The van der Waals surface area contributed by atoms with E-state index in [9.17, 15) is 18.3 Å². The minimum atomic E-state index is -4.52. The smallest absolute Gasteiger partial charge is 0.416 e. The molecule has 1 unspecified atom stereocenters. The number of rotatable bonds is 3. The van der Waals surface area contributed by atoms with Gasteiger partial charge in [-0.25, -0.2) is 0 Å². The third kappa shape index (κ3) is 3.64. The number of piperidine rings is 1. The van der Waals surface area contributed by atoms with Crippen LogP contribution in [-0.2, 0) is 12.6 Å². The van der Waals surface area contributed by atoms with E-state index >= 15 is 0 Å². The molecule has 0 bridgehead atoms. The van der Waals surface area contributed by atoms with Crippen molar-refractivity contribution in [3.8, 4) is 17.0 Å². The molecule has 146 valence electrons. The van der Waals surface area contributed by atoms with Crippen molar-refractivity contribution in [3.63, 3.8) is 0 Å². The number of phenolic OH excluding ortho intramolecular Hbond substituents is 1. The van der Waals surface area contributed by atoms with Gasteiger partial charge in [0.25, 0.3) is 0 Å². The lowest BCUT2D eigenvalue weighted by atomic mass is 9.92. The standard InChI is InChI=1S/C20H19F3N4O/c21-20(22,23)13-3-4-15(18(28)9-13)19-14-5-7-25-11-16(14)17(26-27-19)8-12-2-1-6-24-10-12/h3-5,7,9,11-12,24,28H,1-2,6,8,10H2. The third-order valence-electron chi connectivity index (χ3n) is 5.12. The summed E-state index contributed by atoms with van der Waals surface area (Å²) in [5, 5.41) is 23.7. The molecular weight excluding hydrogens is 369 g/mol. The number of alkyl halides is 3. The molecule has 0 radical (unpaired) electrons. The molecule has 0 aliphatic carbocycles. The number of halogens is 3. The summed E-state index contributed by atoms with van der Waals surface area (Å²) in [6, 6.07) is 4.63. The van der Waals surface area contributed by atoms with Crippen LogP contribution in [0.5, 0.6) is 5.75 Å². The van der Waals surface area contributed by atoms with Gasteiger partial charge < -0.3 is 10.4 Å². The van der Waals surface area contributed by atoms with Gasteiger partial charge in [0, 0.05) is 28.7 Å². The molecule has 3 heterocycles. The van der Waals surface area contributed by atoms with E-state index in [-0.39, 0.29) is 5.56 Å². The highest BCUT2D eigenvalue weighted by molar-refractivity contribution is 5.96. The SMILES string of the molecule is Oc1cc(C(F)(F)F)ccc1-c1nnc(CC2CCCNC2)c2cnccc12. The molecule has 1 atom stereocenters. The second-order valence-corrected chi connectivity index (χ2v) is 7.06. The molecule has 28 heavy (non-hydrogen) atoms. The molecule has 1 aliphatic rings. The van der Waals surface area contributed by atoms with Crippen molar-refractivity contribution in [3.05, 3.63) is 47.9 Å². The molecule has 4 rings (SSSR count). The molecule has 2 N–H and O–H groups in total. The van der Waals surface area contributed by atoms with E-state index in [4.69, 9.17) is 0 Å². The molecule has 1 aliphatic heterocycles. The lowest BCUT2D eigenvalue weighted by molar-refractivity contribution is -0.137. The number of fused-ring (bicyclic) bond motifs is 1. The van der Waals surface area contributed by atoms with Crippen molar-refractivity contribution in [2.75, 3.05) is 13.1 Å². The highest BCUT2D eigenvalue weighted by Gasteiger charge is 2.31. The first-order chi connectivity index (χ1) is 13.4. The average Bonchev–Trinajstić information content (AvgIpc) is 2.69. The van der Waals surface area contributed by atoms with Crippen LogP contribution in [0.25, 0.3) is 22.0 Å². The van der Waals surface area contributed by atoms with E-state index in [1.54, 1.807) is 18.5 Å². The fourth-order valence-electron chi connectivity index (χ4n) is 3.68. The molecule has 0 saturated carbocycles. The Hall–Kier alpha value is -2.74. The van der Waals surface area contributed by atoms with E-state index in [0.29, 0.717) is 23.1 Å². The van der Waals surface area contributed by atoms with Crippen LogP contribution in [0.15, 0.2) is 36.7 Å². The maximum atomic E-state index is 12.9. The minimum absolute atomic E-state index is 0.211. The summed E-state index contributed by atoms with van der Waals surface area (Å²) in [5.41, 5.74) is 0.456. The Morgan fingerprint density at radius 1 is 1.14 bits per heavy atom. The van der Waals surface area contributed by atoms with Gasteiger partial charge in [-0.3, -0.25) is 4.98 Å². The second-order valence-electron chi connectivity index (χ2n) is 7.06. The first-order valence-corrected chi connectivity index (χ1v) is 9.14. The predicted molar refractivity (Wildman–Crippen MR) is 98.7 cm³/mol. The number of benzene rings is 1. The van der Waals surface area contributed by atoms with E-state index in [2.05, 4.69) is 20.5 Å². The number of pyridine rings is 1. The summed E-state index contributed by atoms with van der Waals surface area (Å²) in [7, 11) is 0. The second kappa shape index (κ2) is 7.35. The van der Waals surface area contributed by atoms with Crippen LogP contribution in [-0.4, -0.2) is 33.4 Å². The summed E-state index contributed by atoms with van der Waals surface area (Å²) < 4.78 is 38.6. The fourth-order valence-corrected chi connectivity index (χ4v) is 3.68.